The van der Waals surface area contributed by atoms with Gasteiger partial charge in [-0.2, -0.15) is 5.26 Å². The van der Waals surface area contributed by atoms with Gasteiger partial charge in [-0.3, -0.25) is 0 Å². The molecule has 130 valence electrons. The first kappa shape index (κ1) is 17.2. The number of nitriles is 1. The first-order valence-corrected chi connectivity index (χ1v) is 8.52. The summed E-state index contributed by atoms with van der Waals surface area (Å²) < 4.78 is 3.80. The highest BCUT2D eigenvalue weighted by molar-refractivity contribution is 5.59. The molecule has 0 spiro atoms. The van der Waals surface area contributed by atoms with Gasteiger partial charge < -0.3 is 9.51 Å². The van der Waals surface area contributed by atoms with Gasteiger partial charge in [0.15, 0.2) is 0 Å². The summed E-state index contributed by atoms with van der Waals surface area (Å²) in [5.74, 6) is 0.275. The zero-order valence-electron chi connectivity index (χ0n) is 15.1. The van der Waals surface area contributed by atoms with Crippen LogP contribution in [0.2, 0.25) is 0 Å². The molecule has 0 radical (unpaired) electrons. The second-order valence-electron chi connectivity index (χ2n) is 6.97. The molecule has 0 aliphatic carbocycles. The molecule has 0 aromatic carbocycles. The normalized spacial score (nSPS) is 14.0. The molecule has 3 rings (SSSR count). The molecule has 0 saturated carbocycles. The van der Waals surface area contributed by atoms with E-state index in [1.54, 1.807) is 17.8 Å². The summed E-state index contributed by atoms with van der Waals surface area (Å²) in [6, 6.07) is 8.30. The molecule has 0 amide bonds. The average Bonchev–Trinajstić information content (AvgIpc) is 3.18. The van der Waals surface area contributed by atoms with Gasteiger partial charge in [-0.25, -0.2) is 4.68 Å². The number of hydrogen-bond donors (Lipinski definition) is 1. The van der Waals surface area contributed by atoms with Crippen molar-refractivity contribution >= 4 is 5.52 Å². The van der Waals surface area contributed by atoms with Crippen LogP contribution in [0.1, 0.15) is 62.5 Å². The van der Waals surface area contributed by atoms with E-state index in [9.17, 15) is 10.4 Å². The SMILES string of the molecule is CCC(C)(O)c1cn(Cc2ccn3c(C(C)C)c(C#N)cc3c2)nn1. The summed E-state index contributed by atoms with van der Waals surface area (Å²) >= 11 is 0. The lowest BCUT2D eigenvalue weighted by Crippen LogP contribution is -2.20. The third-order valence-electron chi connectivity index (χ3n) is 4.67. The number of rotatable bonds is 5. The molecule has 3 aromatic heterocycles. The lowest BCUT2D eigenvalue weighted by Gasteiger charge is -2.16. The Morgan fingerprint density at radius 3 is 2.76 bits per heavy atom. The van der Waals surface area contributed by atoms with Crippen molar-refractivity contribution < 1.29 is 5.11 Å². The molecule has 0 bridgehead atoms. The van der Waals surface area contributed by atoms with E-state index in [0.717, 1.165) is 16.8 Å². The Kier molecular flexibility index (Phi) is 4.36. The fourth-order valence-electron chi connectivity index (χ4n) is 3.01. The van der Waals surface area contributed by atoms with Gasteiger partial charge in [0.25, 0.3) is 0 Å². The van der Waals surface area contributed by atoms with Crippen molar-refractivity contribution in [3.63, 3.8) is 0 Å². The Labute approximate surface area is 147 Å². The van der Waals surface area contributed by atoms with Crippen LogP contribution in [0.5, 0.6) is 0 Å². The largest absolute Gasteiger partial charge is 0.384 e. The molecule has 1 unspecified atom stereocenters. The molecule has 1 atom stereocenters. The number of aliphatic hydroxyl groups is 1. The van der Waals surface area contributed by atoms with Gasteiger partial charge in [-0.05, 0) is 43.0 Å². The highest BCUT2D eigenvalue weighted by atomic mass is 16.3. The molecule has 6 nitrogen and oxygen atoms in total. The lowest BCUT2D eigenvalue weighted by molar-refractivity contribution is 0.0484. The Balaban J connectivity index is 1.92. The maximum absolute atomic E-state index is 10.3. The van der Waals surface area contributed by atoms with Crippen molar-refractivity contribution in [2.24, 2.45) is 0 Å². The quantitative estimate of drug-likeness (QED) is 0.775. The molecule has 3 aromatic rings. The number of nitrogens with zero attached hydrogens (tertiary/aromatic N) is 5. The zero-order valence-corrected chi connectivity index (χ0v) is 15.1. The van der Waals surface area contributed by atoms with E-state index < -0.39 is 5.60 Å². The highest BCUT2D eigenvalue weighted by Gasteiger charge is 2.24. The maximum Gasteiger partial charge on any atom is 0.114 e. The van der Waals surface area contributed by atoms with E-state index in [1.165, 1.54) is 0 Å². The van der Waals surface area contributed by atoms with Crippen LogP contribution >= 0.6 is 0 Å². The monoisotopic (exact) mass is 337 g/mol. The summed E-state index contributed by atoms with van der Waals surface area (Å²) in [6.07, 6.45) is 4.36. The fourth-order valence-corrected chi connectivity index (χ4v) is 3.01. The third kappa shape index (κ3) is 3.15. The van der Waals surface area contributed by atoms with Gasteiger partial charge in [0.05, 0.1) is 18.3 Å². The first-order chi connectivity index (χ1) is 11.9. The number of pyridine rings is 1. The van der Waals surface area contributed by atoms with E-state index >= 15 is 0 Å². The number of aromatic nitrogens is 4. The van der Waals surface area contributed by atoms with Crippen molar-refractivity contribution in [2.45, 2.75) is 52.2 Å². The molecule has 0 aliphatic rings. The van der Waals surface area contributed by atoms with Crippen molar-refractivity contribution in [2.75, 3.05) is 0 Å². The molecule has 0 aliphatic heterocycles. The second kappa shape index (κ2) is 6.34. The molecule has 3 heterocycles. The zero-order chi connectivity index (χ0) is 18.2. The van der Waals surface area contributed by atoms with Crippen LogP contribution in [-0.4, -0.2) is 24.5 Å². The van der Waals surface area contributed by atoms with Gasteiger partial charge in [-0.15, -0.1) is 5.10 Å². The molecule has 0 saturated heterocycles. The van der Waals surface area contributed by atoms with Crippen molar-refractivity contribution in [1.82, 2.24) is 19.4 Å². The van der Waals surface area contributed by atoms with Crippen molar-refractivity contribution in [3.05, 3.63) is 53.1 Å². The smallest absolute Gasteiger partial charge is 0.114 e. The van der Waals surface area contributed by atoms with E-state index in [0.29, 0.717) is 24.2 Å². The van der Waals surface area contributed by atoms with Crippen LogP contribution in [0.4, 0.5) is 0 Å². The summed E-state index contributed by atoms with van der Waals surface area (Å²) in [5.41, 5.74) is 3.43. The maximum atomic E-state index is 10.3. The number of hydrogen-bond acceptors (Lipinski definition) is 4. The highest BCUT2D eigenvalue weighted by Crippen LogP contribution is 2.25. The molecule has 25 heavy (non-hydrogen) atoms. The minimum Gasteiger partial charge on any atom is -0.384 e. The molecule has 1 N–H and O–H groups in total. The van der Waals surface area contributed by atoms with Crippen LogP contribution in [-0.2, 0) is 12.1 Å². The van der Waals surface area contributed by atoms with Crippen molar-refractivity contribution in [1.29, 1.82) is 5.26 Å². The lowest BCUT2D eigenvalue weighted by atomic mass is 10.0. The van der Waals surface area contributed by atoms with Crippen LogP contribution in [0.15, 0.2) is 30.6 Å². The van der Waals surface area contributed by atoms with Gasteiger partial charge in [0, 0.05) is 17.4 Å². The summed E-state index contributed by atoms with van der Waals surface area (Å²) in [7, 11) is 0. The second-order valence-corrected chi connectivity index (χ2v) is 6.97. The Hall–Kier alpha value is -2.65. The Bertz CT molecular complexity index is 943. The summed E-state index contributed by atoms with van der Waals surface area (Å²) in [5, 5.41) is 27.9. The first-order valence-electron chi connectivity index (χ1n) is 8.52. The topological polar surface area (TPSA) is 79.1 Å². The van der Waals surface area contributed by atoms with Crippen molar-refractivity contribution in [3.8, 4) is 6.07 Å². The van der Waals surface area contributed by atoms with Crippen LogP contribution < -0.4 is 0 Å². The predicted octanol–water partition coefficient (Wildman–Crippen LogP) is 3.19. The van der Waals surface area contributed by atoms with E-state index in [4.69, 9.17) is 0 Å². The molecular weight excluding hydrogens is 314 g/mol. The summed E-state index contributed by atoms with van der Waals surface area (Å²) in [4.78, 5) is 0. The third-order valence-corrected chi connectivity index (χ3v) is 4.67. The predicted molar refractivity (Wildman–Crippen MR) is 95.2 cm³/mol. The fraction of sp³-hybridized carbons (Fsp3) is 0.421. The van der Waals surface area contributed by atoms with E-state index in [2.05, 4.69) is 40.7 Å². The van der Waals surface area contributed by atoms with Crippen LogP contribution in [0, 0.1) is 11.3 Å². The summed E-state index contributed by atoms with van der Waals surface area (Å²) in [6.45, 7) is 8.40. The van der Waals surface area contributed by atoms with E-state index in [-0.39, 0.29) is 5.92 Å². The van der Waals surface area contributed by atoms with Gasteiger partial charge in [0.2, 0.25) is 0 Å². The molecule has 6 heteroatoms. The minimum absolute atomic E-state index is 0.275. The molecule has 0 fully saturated rings. The Morgan fingerprint density at radius 1 is 1.36 bits per heavy atom. The van der Waals surface area contributed by atoms with E-state index in [1.807, 2.05) is 25.3 Å². The molecular formula is C19H23N5O. The number of fused-ring (bicyclic) bond motifs is 1. The van der Waals surface area contributed by atoms with Crippen LogP contribution in [0.25, 0.3) is 5.52 Å². The van der Waals surface area contributed by atoms with Gasteiger partial charge >= 0.3 is 0 Å². The van der Waals surface area contributed by atoms with Crippen LogP contribution in [0.3, 0.4) is 0 Å². The van der Waals surface area contributed by atoms with Gasteiger partial charge in [0.1, 0.15) is 17.4 Å². The van der Waals surface area contributed by atoms with Gasteiger partial charge in [-0.1, -0.05) is 26.0 Å². The Morgan fingerprint density at radius 2 is 2.12 bits per heavy atom. The standard InChI is InChI=1S/C19H23N5O/c1-5-19(4,25)17-12-23(22-21-17)11-14-6-7-24-16(8-14)9-15(10-20)18(24)13(2)3/h6-9,12-13,25H,5,11H2,1-4H3. The minimum atomic E-state index is -0.961. The average molecular weight is 337 g/mol.